The Bertz CT molecular complexity index is 96.9. The molecular formula is C10H23NO2. The predicted molar refractivity (Wildman–Crippen MR) is 55.0 cm³/mol. The maximum atomic E-state index is 5.43. The van der Waals surface area contributed by atoms with Gasteiger partial charge in [-0.25, -0.2) is 0 Å². The molecule has 0 aliphatic heterocycles. The summed E-state index contributed by atoms with van der Waals surface area (Å²) in [7, 11) is 1.72. The summed E-state index contributed by atoms with van der Waals surface area (Å²) in [6.45, 7) is 8.79. The minimum absolute atomic E-state index is 0.640. The van der Waals surface area contributed by atoms with Crippen LogP contribution in [-0.4, -0.2) is 40.0 Å². The van der Waals surface area contributed by atoms with Gasteiger partial charge in [0.2, 0.25) is 0 Å². The highest BCUT2D eigenvalue weighted by atomic mass is 16.5. The van der Waals surface area contributed by atoms with Crippen LogP contribution in [0.25, 0.3) is 0 Å². The molecule has 1 N–H and O–H groups in total. The van der Waals surface area contributed by atoms with Crippen LogP contribution in [0.2, 0.25) is 0 Å². The van der Waals surface area contributed by atoms with Crippen molar-refractivity contribution in [3.63, 3.8) is 0 Å². The van der Waals surface area contributed by atoms with Gasteiger partial charge in [-0.1, -0.05) is 13.8 Å². The molecule has 0 aromatic heterocycles. The van der Waals surface area contributed by atoms with Gasteiger partial charge in [0.15, 0.2) is 0 Å². The highest BCUT2D eigenvalue weighted by Gasteiger charge is 1.93. The Morgan fingerprint density at radius 2 is 1.92 bits per heavy atom. The van der Waals surface area contributed by atoms with E-state index in [0.29, 0.717) is 5.92 Å². The summed E-state index contributed by atoms with van der Waals surface area (Å²) in [5.41, 5.74) is 0. The van der Waals surface area contributed by atoms with Crippen molar-refractivity contribution >= 4 is 0 Å². The second-order valence-electron chi connectivity index (χ2n) is 3.57. The molecule has 0 fully saturated rings. The number of ether oxygens (including phenoxy) is 2. The summed E-state index contributed by atoms with van der Waals surface area (Å²) < 4.78 is 10.3. The summed E-state index contributed by atoms with van der Waals surface area (Å²) in [6.07, 6.45) is 1.08. The monoisotopic (exact) mass is 189 g/mol. The van der Waals surface area contributed by atoms with Crippen molar-refractivity contribution in [3.8, 4) is 0 Å². The van der Waals surface area contributed by atoms with Crippen molar-refractivity contribution in [2.24, 2.45) is 5.92 Å². The molecular weight excluding hydrogens is 166 g/mol. The molecule has 0 bridgehead atoms. The van der Waals surface area contributed by atoms with Gasteiger partial charge in [-0.2, -0.15) is 0 Å². The zero-order valence-electron chi connectivity index (χ0n) is 9.14. The molecule has 0 aromatic rings. The molecule has 0 atom stereocenters. The lowest BCUT2D eigenvalue weighted by molar-refractivity contribution is 0.107. The first-order chi connectivity index (χ1) is 6.27. The molecule has 13 heavy (non-hydrogen) atoms. The van der Waals surface area contributed by atoms with Crippen LogP contribution < -0.4 is 5.32 Å². The Morgan fingerprint density at radius 1 is 1.15 bits per heavy atom. The first-order valence-corrected chi connectivity index (χ1v) is 5.04. The number of hydrogen-bond donors (Lipinski definition) is 1. The third kappa shape index (κ3) is 11.9. The molecule has 0 saturated heterocycles. The van der Waals surface area contributed by atoms with Gasteiger partial charge in [-0.15, -0.1) is 0 Å². The van der Waals surface area contributed by atoms with Crippen LogP contribution >= 0.6 is 0 Å². The van der Waals surface area contributed by atoms with Crippen molar-refractivity contribution in [2.75, 3.05) is 40.0 Å². The Balaban J connectivity index is 2.84. The Morgan fingerprint density at radius 3 is 2.54 bits per heavy atom. The maximum absolute atomic E-state index is 5.43. The van der Waals surface area contributed by atoms with E-state index in [2.05, 4.69) is 19.2 Å². The van der Waals surface area contributed by atoms with E-state index in [4.69, 9.17) is 9.47 Å². The van der Waals surface area contributed by atoms with Crippen molar-refractivity contribution in [1.29, 1.82) is 0 Å². The van der Waals surface area contributed by atoms with E-state index in [1.165, 1.54) is 0 Å². The molecule has 0 rings (SSSR count). The van der Waals surface area contributed by atoms with E-state index in [1.54, 1.807) is 7.11 Å². The lowest BCUT2D eigenvalue weighted by atomic mass is 10.2. The first-order valence-electron chi connectivity index (χ1n) is 5.04. The molecule has 0 aromatic carbocycles. The van der Waals surface area contributed by atoms with Crippen LogP contribution in [0.1, 0.15) is 20.3 Å². The van der Waals surface area contributed by atoms with Gasteiger partial charge in [-0.05, 0) is 18.9 Å². The minimum atomic E-state index is 0.640. The van der Waals surface area contributed by atoms with Crippen LogP contribution in [0.4, 0.5) is 0 Å². The first kappa shape index (κ1) is 12.9. The van der Waals surface area contributed by atoms with Gasteiger partial charge in [0.25, 0.3) is 0 Å². The number of rotatable bonds is 9. The van der Waals surface area contributed by atoms with E-state index in [-0.39, 0.29) is 0 Å². The average molecular weight is 189 g/mol. The lowest BCUT2D eigenvalue weighted by Gasteiger charge is -2.07. The second kappa shape index (κ2) is 9.96. The molecule has 80 valence electrons. The van der Waals surface area contributed by atoms with Crippen molar-refractivity contribution in [2.45, 2.75) is 20.3 Å². The maximum Gasteiger partial charge on any atom is 0.0587 e. The van der Waals surface area contributed by atoms with Crippen molar-refractivity contribution in [3.05, 3.63) is 0 Å². The van der Waals surface area contributed by atoms with Crippen LogP contribution in [0.3, 0.4) is 0 Å². The topological polar surface area (TPSA) is 30.5 Å². The summed E-state index contributed by atoms with van der Waals surface area (Å²) in [4.78, 5) is 0. The molecule has 0 saturated carbocycles. The summed E-state index contributed by atoms with van der Waals surface area (Å²) >= 11 is 0. The predicted octanol–water partition coefficient (Wildman–Crippen LogP) is 1.29. The fourth-order valence-corrected chi connectivity index (χ4v) is 0.917. The van der Waals surface area contributed by atoms with Gasteiger partial charge in [0.1, 0.15) is 0 Å². The highest BCUT2D eigenvalue weighted by molar-refractivity contribution is 4.46. The minimum Gasteiger partial charge on any atom is -0.383 e. The summed E-state index contributed by atoms with van der Waals surface area (Å²) in [6, 6.07) is 0. The van der Waals surface area contributed by atoms with Crippen LogP contribution in [-0.2, 0) is 9.47 Å². The van der Waals surface area contributed by atoms with Gasteiger partial charge < -0.3 is 14.8 Å². The quantitative estimate of drug-likeness (QED) is 0.554. The zero-order chi connectivity index (χ0) is 9.94. The zero-order valence-corrected chi connectivity index (χ0v) is 9.14. The Kier molecular flexibility index (Phi) is 9.87. The fourth-order valence-electron chi connectivity index (χ4n) is 0.917. The average Bonchev–Trinajstić information content (AvgIpc) is 2.09. The molecule has 0 radical (unpaired) electrons. The lowest BCUT2D eigenvalue weighted by Crippen LogP contribution is -2.21. The molecule has 0 aliphatic carbocycles. The molecule has 0 aliphatic rings. The molecule has 0 spiro atoms. The van der Waals surface area contributed by atoms with Gasteiger partial charge in [-0.3, -0.25) is 0 Å². The van der Waals surface area contributed by atoms with E-state index < -0.39 is 0 Å². The highest BCUT2D eigenvalue weighted by Crippen LogP contribution is 1.92. The number of nitrogens with one attached hydrogen (secondary N) is 1. The van der Waals surface area contributed by atoms with Crippen molar-refractivity contribution < 1.29 is 9.47 Å². The van der Waals surface area contributed by atoms with E-state index >= 15 is 0 Å². The van der Waals surface area contributed by atoms with Gasteiger partial charge in [0, 0.05) is 26.9 Å². The standard InChI is InChI=1S/C10H23NO2/c1-10(2)9-13-7-4-5-11-6-8-12-3/h10-11H,4-9H2,1-3H3. The van der Waals surface area contributed by atoms with Crippen LogP contribution in [0, 0.1) is 5.92 Å². The smallest absolute Gasteiger partial charge is 0.0587 e. The Hall–Kier alpha value is -0.120. The normalized spacial score (nSPS) is 11.1. The largest absolute Gasteiger partial charge is 0.383 e. The van der Waals surface area contributed by atoms with Gasteiger partial charge in [0.05, 0.1) is 6.61 Å². The van der Waals surface area contributed by atoms with E-state index in [0.717, 1.165) is 39.3 Å². The summed E-state index contributed by atoms with van der Waals surface area (Å²) in [5, 5.41) is 3.27. The molecule has 3 nitrogen and oxygen atoms in total. The van der Waals surface area contributed by atoms with E-state index in [1.807, 2.05) is 0 Å². The molecule has 0 unspecified atom stereocenters. The third-order valence-corrected chi connectivity index (χ3v) is 1.58. The number of methoxy groups -OCH3 is 1. The molecule has 0 heterocycles. The van der Waals surface area contributed by atoms with Gasteiger partial charge >= 0.3 is 0 Å². The fraction of sp³-hybridized carbons (Fsp3) is 1.00. The molecule has 3 heteroatoms. The van der Waals surface area contributed by atoms with Crippen LogP contribution in [0.15, 0.2) is 0 Å². The SMILES string of the molecule is COCCNCCCOCC(C)C. The van der Waals surface area contributed by atoms with E-state index in [9.17, 15) is 0 Å². The van der Waals surface area contributed by atoms with Crippen molar-refractivity contribution in [1.82, 2.24) is 5.32 Å². The second-order valence-corrected chi connectivity index (χ2v) is 3.57. The Labute approximate surface area is 81.8 Å². The molecule has 0 amide bonds. The third-order valence-electron chi connectivity index (χ3n) is 1.58. The summed E-state index contributed by atoms with van der Waals surface area (Å²) in [5.74, 6) is 0.640. The number of hydrogen-bond acceptors (Lipinski definition) is 3. The van der Waals surface area contributed by atoms with Crippen LogP contribution in [0.5, 0.6) is 0 Å².